The number of hydrazone groups is 1. The molecule has 3 rings (SSSR count). The molecule has 7 heteroatoms. The number of carbonyl (C=O) groups is 1. The molecule has 5 nitrogen and oxygen atoms in total. The Balaban J connectivity index is 2.28. The van der Waals surface area contributed by atoms with E-state index in [1.165, 1.54) is 5.01 Å². The maximum absolute atomic E-state index is 12.3. The van der Waals surface area contributed by atoms with Gasteiger partial charge >= 0.3 is 6.03 Å². The van der Waals surface area contributed by atoms with Crippen LogP contribution in [0.25, 0.3) is 0 Å². The zero-order valence-electron chi connectivity index (χ0n) is 14.3. The summed E-state index contributed by atoms with van der Waals surface area (Å²) in [6.07, 6.45) is 0.489. The Labute approximate surface area is 161 Å². The summed E-state index contributed by atoms with van der Waals surface area (Å²) in [6, 6.07) is 12.3. The zero-order valence-corrected chi connectivity index (χ0v) is 15.8. The van der Waals surface area contributed by atoms with E-state index in [9.17, 15) is 10.1 Å². The molecule has 2 amide bonds. The topological polar surface area (TPSA) is 68.5 Å². The van der Waals surface area contributed by atoms with Gasteiger partial charge in [0.1, 0.15) is 0 Å². The van der Waals surface area contributed by atoms with Gasteiger partial charge in [0.2, 0.25) is 0 Å². The predicted octanol–water partition coefficient (Wildman–Crippen LogP) is 4.20. The van der Waals surface area contributed by atoms with Crippen molar-refractivity contribution in [3.05, 3.63) is 68.7 Å². The lowest BCUT2D eigenvalue weighted by Gasteiger charge is -2.22. The summed E-state index contributed by atoms with van der Waals surface area (Å²) in [5.74, 6) is 0. The van der Waals surface area contributed by atoms with Crippen LogP contribution in [0.5, 0.6) is 0 Å². The summed E-state index contributed by atoms with van der Waals surface area (Å²) in [5, 5.41) is 19.2. The molecule has 0 radical (unpaired) electrons. The molecule has 1 atom stereocenters. The number of hydrogen-bond donors (Lipinski definition) is 1. The molecule has 1 aliphatic heterocycles. The first kappa shape index (κ1) is 18.2. The summed E-state index contributed by atoms with van der Waals surface area (Å²) in [7, 11) is 1.56. The van der Waals surface area contributed by atoms with Gasteiger partial charge in [-0.2, -0.15) is 10.4 Å². The average Bonchev–Trinajstić information content (AvgIpc) is 2.78. The van der Waals surface area contributed by atoms with Crippen LogP contribution >= 0.6 is 23.2 Å². The van der Waals surface area contributed by atoms with E-state index in [0.717, 1.165) is 16.7 Å². The third kappa shape index (κ3) is 3.39. The van der Waals surface area contributed by atoms with Crippen LogP contribution in [0.1, 0.15) is 29.2 Å². The molecular weight excluding hydrogens is 371 g/mol. The fourth-order valence-corrected chi connectivity index (χ4v) is 3.34. The highest BCUT2D eigenvalue weighted by Gasteiger charge is 2.28. The SMILES string of the molecule is CNC(=O)N1N=C(c2ccc(Cl)cc2)c2cc(Cl)cc(C#N)c2CC1C. The lowest BCUT2D eigenvalue weighted by atomic mass is 9.91. The maximum Gasteiger partial charge on any atom is 0.337 e. The predicted molar refractivity (Wildman–Crippen MR) is 103 cm³/mol. The molecule has 0 bridgehead atoms. The number of urea groups is 1. The molecule has 2 aromatic rings. The Kier molecular flexibility index (Phi) is 5.17. The summed E-state index contributed by atoms with van der Waals surface area (Å²) < 4.78 is 0. The van der Waals surface area contributed by atoms with Crippen molar-refractivity contribution in [2.24, 2.45) is 5.10 Å². The molecule has 1 unspecified atom stereocenters. The van der Waals surface area contributed by atoms with Gasteiger partial charge in [0.25, 0.3) is 0 Å². The van der Waals surface area contributed by atoms with Crippen molar-refractivity contribution < 1.29 is 4.79 Å². The van der Waals surface area contributed by atoms with E-state index in [4.69, 9.17) is 23.2 Å². The molecule has 0 aromatic heterocycles. The minimum Gasteiger partial charge on any atom is -0.340 e. The molecule has 0 fully saturated rings. The molecule has 1 N–H and O–H groups in total. The third-order valence-electron chi connectivity index (χ3n) is 4.25. The first-order chi connectivity index (χ1) is 12.4. The number of halogens is 2. The van der Waals surface area contributed by atoms with Gasteiger partial charge in [-0.1, -0.05) is 35.3 Å². The van der Waals surface area contributed by atoms with E-state index in [1.54, 1.807) is 31.3 Å². The quantitative estimate of drug-likeness (QED) is 0.797. The number of fused-ring (bicyclic) bond motifs is 1. The number of rotatable bonds is 1. The number of nitrogens with zero attached hydrogens (tertiary/aromatic N) is 3. The Morgan fingerprint density at radius 2 is 1.96 bits per heavy atom. The second kappa shape index (κ2) is 7.36. The van der Waals surface area contributed by atoms with Gasteiger partial charge in [-0.15, -0.1) is 0 Å². The first-order valence-electron chi connectivity index (χ1n) is 8.03. The van der Waals surface area contributed by atoms with E-state index < -0.39 is 0 Å². The van der Waals surface area contributed by atoms with Gasteiger partial charge in [-0.25, -0.2) is 9.80 Å². The number of carbonyl (C=O) groups excluding carboxylic acids is 1. The summed E-state index contributed by atoms with van der Waals surface area (Å²) in [6.45, 7) is 1.89. The highest BCUT2D eigenvalue weighted by atomic mass is 35.5. The van der Waals surface area contributed by atoms with Crippen molar-refractivity contribution in [3.8, 4) is 6.07 Å². The summed E-state index contributed by atoms with van der Waals surface area (Å²) >= 11 is 12.2. The van der Waals surface area contributed by atoms with Crippen molar-refractivity contribution in [1.82, 2.24) is 10.3 Å². The van der Waals surface area contributed by atoms with Crippen molar-refractivity contribution >= 4 is 34.9 Å². The van der Waals surface area contributed by atoms with Crippen LogP contribution in [0, 0.1) is 11.3 Å². The fourth-order valence-electron chi connectivity index (χ4n) is 2.99. The van der Waals surface area contributed by atoms with Crippen molar-refractivity contribution in [2.75, 3.05) is 7.05 Å². The molecule has 0 aliphatic carbocycles. The molecule has 132 valence electrons. The minimum atomic E-state index is -0.318. The zero-order chi connectivity index (χ0) is 18.8. The molecule has 1 aliphatic rings. The van der Waals surface area contributed by atoms with Gasteiger partial charge in [0, 0.05) is 28.2 Å². The van der Waals surface area contributed by atoms with Crippen LogP contribution in [0.3, 0.4) is 0 Å². The van der Waals surface area contributed by atoms with Crippen LogP contribution in [0.4, 0.5) is 4.79 Å². The maximum atomic E-state index is 12.3. The molecule has 0 spiro atoms. The standard InChI is InChI=1S/C19H16Cl2N4O/c1-11-7-16-13(10-22)8-15(21)9-17(16)18(24-25(11)19(26)23-2)12-3-5-14(20)6-4-12/h3-6,8-9,11H,7H2,1-2H3,(H,23,26). The van der Waals surface area contributed by atoms with Gasteiger partial charge in [-0.05, 0) is 43.2 Å². The molecule has 1 heterocycles. The first-order valence-corrected chi connectivity index (χ1v) is 8.78. The summed E-state index contributed by atoms with van der Waals surface area (Å²) in [5.41, 5.74) is 3.41. The molecular formula is C19H16Cl2N4O. The van der Waals surface area contributed by atoms with Crippen molar-refractivity contribution in [3.63, 3.8) is 0 Å². The van der Waals surface area contributed by atoms with Gasteiger partial charge < -0.3 is 5.32 Å². The van der Waals surface area contributed by atoms with Crippen LogP contribution in [-0.2, 0) is 6.42 Å². The van der Waals surface area contributed by atoms with Crippen molar-refractivity contribution in [1.29, 1.82) is 5.26 Å². The van der Waals surface area contributed by atoms with Crippen LogP contribution in [-0.4, -0.2) is 29.8 Å². The van der Waals surface area contributed by atoms with E-state index in [-0.39, 0.29) is 12.1 Å². The normalized spacial score (nSPS) is 16.2. The van der Waals surface area contributed by atoms with Gasteiger partial charge in [-0.3, -0.25) is 0 Å². The number of nitrogens with one attached hydrogen (secondary N) is 1. The van der Waals surface area contributed by atoms with E-state index in [1.807, 2.05) is 19.1 Å². The smallest absolute Gasteiger partial charge is 0.337 e. The van der Waals surface area contributed by atoms with E-state index >= 15 is 0 Å². The second-order valence-electron chi connectivity index (χ2n) is 6.00. The Morgan fingerprint density at radius 1 is 1.27 bits per heavy atom. The highest BCUT2D eigenvalue weighted by molar-refractivity contribution is 6.32. The number of hydrogen-bond acceptors (Lipinski definition) is 3. The van der Waals surface area contributed by atoms with E-state index in [0.29, 0.717) is 27.7 Å². The molecule has 0 saturated carbocycles. The van der Waals surface area contributed by atoms with Crippen molar-refractivity contribution in [2.45, 2.75) is 19.4 Å². The molecule has 2 aromatic carbocycles. The monoisotopic (exact) mass is 386 g/mol. The second-order valence-corrected chi connectivity index (χ2v) is 6.87. The average molecular weight is 387 g/mol. The number of nitriles is 1. The summed E-state index contributed by atoms with van der Waals surface area (Å²) in [4.78, 5) is 12.3. The minimum absolute atomic E-state index is 0.230. The Morgan fingerprint density at radius 3 is 2.58 bits per heavy atom. The third-order valence-corrected chi connectivity index (χ3v) is 4.72. The Hall–Kier alpha value is -2.55. The van der Waals surface area contributed by atoms with Crippen LogP contribution in [0.15, 0.2) is 41.5 Å². The molecule has 0 saturated heterocycles. The fraction of sp³-hybridized carbons (Fsp3) is 0.211. The van der Waals surface area contributed by atoms with Crippen LogP contribution in [0.2, 0.25) is 10.0 Å². The lowest BCUT2D eigenvalue weighted by Crippen LogP contribution is -2.41. The Bertz CT molecular complexity index is 932. The lowest BCUT2D eigenvalue weighted by molar-refractivity contribution is 0.184. The van der Waals surface area contributed by atoms with E-state index in [2.05, 4.69) is 16.5 Å². The number of amides is 2. The number of benzene rings is 2. The van der Waals surface area contributed by atoms with Crippen LogP contribution < -0.4 is 5.32 Å². The molecule has 26 heavy (non-hydrogen) atoms. The van der Waals surface area contributed by atoms with Gasteiger partial charge in [0.15, 0.2) is 0 Å². The van der Waals surface area contributed by atoms with Gasteiger partial charge in [0.05, 0.1) is 23.4 Å². The largest absolute Gasteiger partial charge is 0.340 e. The highest BCUT2D eigenvalue weighted by Crippen LogP contribution is 2.29.